The SMILES string of the molecule is Cl.O=C1CCCc2[nH]c(=O)c(C(=O)NCC(N3CCNCC3)C(F)(F)F)cc21. The van der Waals surface area contributed by atoms with E-state index in [1.807, 2.05) is 0 Å². The molecule has 28 heavy (non-hydrogen) atoms. The molecular weight excluding hydrogens is 401 g/mol. The van der Waals surface area contributed by atoms with Crippen LogP contribution >= 0.6 is 12.4 Å². The molecule has 1 aliphatic heterocycles. The highest BCUT2D eigenvalue weighted by Crippen LogP contribution is 2.25. The number of hydrogen-bond donors (Lipinski definition) is 3. The molecule has 0 bridgehead atoms. The second kappa shape index (κ2) is 9.06. The molecule has 156 valence electrons. The van der Waals surface area contributed by atoms with Crippen LogP contribution in [-0.4, -0.2) is 66.5 Å². The van der Waals surface area contributed by atoms with Crippen molar-refractivity contribution >= 4 is 24.1 Å². The highest BCUT2D eigenvalue weighted by molar-refractivity contribution is 6.01. The molecule has 3 N–H and O–H groups in total. The van der Waals surface area contributed by atoms with Crippen LogP contribution in [-0.2, 0) is 6.42 Å². The highest BCUT2D eigenvalue weighted by atomic mass is 35.5. The quantitative estimate of drug-likeness (QED) is 0.669. The maximum Gasteiger partial charge on any atom is 0.405 e. The predicted octanol–water partition coefficient (Wildman–Crippen LogP) is 0.882. The lowest BCUT2D eigenvalue weighted by molar-refractivity contribution is -0.183. The van der Waals surface area contributed by atoms with E-state index in [9.17, 15) is 27.6 Å². The molecule has 1 aromatic heterocycles. The topological polar surface area (TPSA) is 94.3 Å². The average molecular weight is 423 g/mol. The van der Waals surface area contributed by atoms with Gasteiger partial charge in [-0.2, -0.15) is 13.2 Å². The van der Waals surface area contributed by atoms with Gasteiger partial charge in [0.05, 0.1) is 0 Å². The number of aromatic nitrogens is 1. The third-order valence-corrected chi connectivity index (χ3v) is 4.92. The number of aromatic amines is 1. The summed E-state index contributed by atoms with van der Waals surface area (Å²) in [6.07, 6.45) is -3.05. The van der Waals surface area contributed by atoms with Gasteiger partial charge in [-0.25, -0.2) is 0 Å². The number of Topliss-reactive ketones (excluding diaryl/α,β-unsaturated/α-hetero) is 1. The molecule has 1 aliphatic carbocycles. The number of aryl methyl sites for hydroxylation is 1. The summed E-state index contributed by atoms with van der Waals surface area (Å²) in [5, 5.41) is 5.19. The van der Waals surface area contributed by atoms with Crippen molar-refractivity contribution in [2.75, 3.05) is 32.7 Å². The van der Waals surface area contributed by atoms with Crippen molar-refractivity contribution in [1.29, 1.82) is 0 Å². The van der Waals surface area contributed by atoms with Crippen LogP contribution in [0.15, 0.2) is 10.9 Å². The number of pyridine rings is 1. The number of nitrogens with zero attached hydrogens (tertiary/aromatic N) is 1. The summed E-state index contributed by atoms with van der Waals surface area (Å²) in [4.78, 5) is 40.2. The molecule has 0 radical (unpaired) electrons. The molecule has 1 unspecified atom stereocenters. The molecule has 2 heterocycles. The molecule has 2 aliphatic rings. The van der Waals surface area contributed by atoms with Crippen LogP contribution in [0.2, 0.25) is 0 Å². The van der Waals surface area contributed by atoms with Gasteiger partial charge in [0.2, 0.25) is 0 Å². The summed E-state index contributed by atoms with van der Waals surface area (Å²) in [7, 11) is 0. The van der Waals surface area contributed by atoms with E-state index >= 15 is 0 Å². The number of carbonyl (C=O) groups excluding carboxylic acids is 2. The van der Waals surface area contributed by atoms with Crippen molar-refractivity contribution in [3.05, 3.63) is 33.2 Å². The normalized spacial score (nSPS) is 18.8. The molecule has 1 atom stereocenters. The van der Waals surface area contributed by atoms with E-state index < -0.39 is 30.2 Å². The Balaban J connectivity index is 0.00000280. The fraction of sp³-hybridized carbons (Fsp3) is 0.588. The van der Waals surface area contributed by atoms with Crippen LogP contribution in [0.4, 0.5) is 13.2 Å². The summed E-state index contributed by atoms with van der Waals surface area (Å²) in [5.41, 5.74) is -0.306. The van der Waals surface area contributed by atoms with Crippen LogP contribution < -0.4 is 16.2 Å². The van der Waals surface area contributed by atoms with Gasteiger partial charge < -0.3 is 15.6 Å². The second-order valence-corrected chi connectivity index (χ2v) is 6.73. The molecule has 3 rings (SSSR count). The third-order valence-electron chi connectivity index (χ3n) is 4.92. The second-order valence-electron chi connectivity index (χ2n) is 6.73. The number of H-pyrrole nitrogens is 1. The molecule has 1 saturated heterocycles. The standard InChI is InChI=1S/C17H21F3N4O3.ClH/c18-17(19,20)14(24-6-4-21-5-7-24)9-22-15(26)11-8-10-12(23-16(11)27)2-1-3-13(10)25;/h8,14,21H,1-7,9H2,(H,22,26)(H,23,27);1H. The zero-order valence-electron chi connectivity index (χ0n) is 15.0. The summed E-state index contributed by atoms with van der Waals surface area (Å²) >= 11 is 0. The Morgan fingerprint density at radius 1 is 1.21 bits per heavy atom. The van der Waals surface area contributed by atoms with E-state index in [4.69, 9.17) is 0 Å². The number of nitrogens with one attached hydrogen (secondary N) is 3. The monoisotopic (exact) mass is 422 g/mol. The van der Waals surface area contributed by atoms with Crippen molar-refractivity contribution in [2.24, 2.45) is 0 Å². The van der Waals surface area contributed by atoms with Gasteiger partial charge in [-0.15, -0.1) is 12.4 Å². The molecule has 1 amide bonds. The zero-order chi connectivity index (χ0) is 19.6. The molecule has 1 aromatic rings. The molecule has 0 saturated carbocycles. The summed E-state index contributed by atoms with van der Waals surface area (Å²) in [6, 6.07) is -0.639. The maximum atomic E-state index is 13.4. The van der Waals surface area contributed by atoms with Crippen LogP contribution in [0.1, 0.15) is 39.3 Å². The van der Waals surface area contributed by atoms with Crippen molar-refractivity contribution in [3.8, 4) is 0 Å². The summed E-state index contributed by atoms with van der Waals surface area (Å²) in [5.74, 6) is -1.10. The Morgan fingerprint density at radius 3 is 2.54 bits per heavy atom. The van der Waals surface area contributed by atoms with Crippen LogP contribution in [0.3, 0.4) is 0 Å². The first-order valence-corrected chi connectivity index (χ1v) is 8.86. The Labute approximate surface area is 165 Å². The van der Waals surface area contributed by atoms with Crippen molar-refractivity contribution in [3.63, 3.8) is 0 Å². The summed E-state index contributed by atoms with van der Waals surface area (Å²) < 4.78 is 40.2. The molecular formula is C17H22ClF3N4O3. The summed E-state index contributed by atoms with van der Waals surface area (Å²) in [6.45, 7) is 0.648. The molecule has 0 spiro atoms. The number of rotatable bonds is 4. The van der Waals surface area contributed by atoms with Gasteiger partial charge in [0.25, 0.3) is 11.5 Å². The lowest BCUT2D eigenvalue weighted by Crippen LogP contribution is -2.57. The fourth-order valence-electron chi connectivity index (χ4n) is 3.47. The Morgan fingerprint density at radius 2 is 1.89 bits per heavy atom. The van der Waals surface area contributed by atoms with Crippen molar-refractivity contribution in [1.82, 2.24) is 20.5 Å². The van der Waals surface area contributed by atoms with Crippen LogP contribution in [0.25, 0.3) is 0 Å². The number of halogens is 4. The maximum absolute atomic E-state index is 13.4. The number of alkyl halides is 3. The minimum atomic E-state index is -4.51. The zero-order valence-corrected chi connectivity index (χ0v) is 15.8. The number of carbonyl (C=O) groups is 2. The molecule has 7 nitrogen and oxygen atoms in total. The van der Waals surface area contributed by atoms with E-state index in [0.717, 1.165) is 0 Å². The van der Waals surface area contributed by atoms with Gasteiger partial charge in [-0.05, 0) is 18.9 Å². The first-order valence-electron chi connectivity index (χ1n) is 8.86. The van der Waals surface area contributed by atoms with E-state index in [1.54, 1.807) is 0 Å². The first-order chi connectivity index (χ1) is 12.8. The number of fused-ring (bicyclic) bond motifs is 1. The van der Waals surface area contributed by atoms with Gasteiger partial charge >= 0.3 is 6.18 Å². The van der Waals surface area contributed by atoms with Crippen LogP contribution in [0, 0.1) is 0 Å². The smallest absolute Gasteiger partial charge is 0.350 e. The van der Waals surface area contributed by atoms with Crippen LogP contribution in [0.5, 0.6) is 0 Å². The number of hydrogen-bond acceptors (Lipinski definition) is 5. The van der Waals surface area contributed by atoms with E-state index in [1.165, 1.54) is 11.0 Å². The van der Waals surface area contributed by atoms with Gasteiger partial charge in [0.1, 0.15) is 11.6 Å². The van der Waals surface area contributed by atoms with E-state index in [2.05, 4.69) is 15.6 Å². The largest absolute Gasteiger partial charge is 0.405 e. The predicted molar refractivity (Wildman–Crippen MR) is 98.2 cm³/mol. The van der Waals surface area contributed by atoms with Gasteiger partial charge in [0, 0.05) is 50.4 Å². The van der Waals surface area contributed by atoms with Gasteiger partial charge in [-0.3, -0.25) is 19.3 Å². The third kappa shape index (κ3) is 4.92. The molecule has 1 fully saturated rings. The fourth-order valence-corrected chi connectivity index (χ4v) is 3.47. The number of amides is 1. The lowest BCUT2D eigenvalue weighted by Gasteiger charge is -2.35. The number of piperazine rings is 1. The lowest BCUT2D eigenvalue weighted by atomic mass is 9.93. The van der Waals surface area contributed by atoms with Gasteiger partial charge in [0.15, 0.2) is 5.78 Å². The number of ketones is 1. The minimum Gasteiger partial charge on any atom is -0.350 e. The van der Waals surface area contributed by atoms with E-state index in [-0.39, 0.29) is 42.4 Å². The van der Waals surface area contributed by atoms with Crippen molar-refractivity contribution < 1.29 is 22.8 Å². The van der Waals surface area contributed by atoms with E-state index in [0.29, 0.717) is 38.0 Å². The minimum absolute atomic E-state index is 0. The Hall–Kier alpha value is -1.91. The van der Waals surface area contributed by atoms with Crippen molar-refractivity contribution in [2.45, 2.75) is 31.5 Å². The average Bonchev–Trinajstić information content (AvgIpc) is 2.61. The Bertz CT molecular complexity index is 791. The highest BCUT2D eigenvalue weighted by Gasteiger charge is 2.44. The Kier molecular flexibility index (Phi) is 7.24. The first kappa shape index (κ1) is 22.4. The molecule has 11 heteroatoms. The molecule has 0 aromatic carbocycles. The van der Waals surface area contributed by atoms with Gasteiger partial charge in [-0.1, -0.05) is 0 Å².